The van der Waals surface area contributed by atoms with Crippen LogP contribution in [0.25, 0.3) is 6.08 Å². The molecule has 8 heteroatoms. The van der Waals surface area contributed by atoms with Crippen LogP contribution in [-0.4, -0.2) is 30.6 Å². The van der Waals surface area contributed by atoms with Crippen LogP contribution in [0.15, 0.2) is 30.3 Å². The zero-order valence-corrected chi connectivity index (χ0v) is 18.9. The first kappa shape index (κ1) is 23.7. The number of nitrogens with one attached hydrogen (secondary N) is 1. The molecule has 1 aliphatic carbocycles. The first-order valence-corrected chi connectivity index (χ1v) is 11.5. The van der Waals surface area contributed by atoms with Gasteiger partial charge in [0.25, 0.3) is 0 Å². The lowest BCUT2D eigenvalue weighted by molar-refractivity contribution is -0.111. The number of esters is 2. The molecule has 1 saturated carbocycles. The monoisotopic (exact) mass is 459 g/mol. The van der Waals surface area contributed by atoms with Crippen molar-refractivity contribution in [3.05, 3.63) is 57.7 Å². The number of rotatable bonds is 7. The summed E-state index contributed by atoms with van der Waals surface area (Å²) >= 11 is 0.998. The summed E-state index contributed by atoms with van der Waals surface area (Å²) in [6.45, 7) is 3.49. The van der Waals surface area contributed by atoms with Gasteiger partial charge in [-0.3, -0.25) is 4.79 Å². The molecule has 0 radical (unpaired) electrons. The number of hydrogen-bond acceptors (Lipinski definition) is 6. The number of ether oxygens (including phenoxy) is 2. The summed E-state index contributed by atoms with van der Waals surface area (Å²) in [6, 6.07) is 5.67. The van der Waals surface area contributed by atoms with E-state index < -0.39 is 17.8 Å². The van der Waals surface area contributed by atoms with E-state index in [0.717, 1.165) is 43.4 Å². The molecule has 1 fully saturated rings. The van der Waals surface area contributed by atoms with Crippen molar-refractivity contribution in [3.8, 4) is 0 Å². The summed E-state index contributed by atoms with van der Waals surface area (Å²) in [4.78, 5) is 38.0. The van der Waals surface area contributed by atoms with Gasteiger partial charge in [0.2, 0.25) is 5.91 Å². The van der Waals surface area contributed by atoms with Crippen molar-refractivity contribution in [1.29, 1.82) is 0 Å². The standard InChI is InChI=1S/C24H26FNO5S/c1-3-30-23(28)20-15(2)21(24(29)31-18-7-5-4-6-8-18)32-22(20)26-19(27)14-11-16-9-12-17(25)13-10-16/h9-14,18H,3-8H2,1-2H3,(H,26,27)/b14-11+. The Morgan fingerprint density at radius 1 is 1.12 bits per heavy atom. The van der Waals surface area contributed by atoms with Gasteiger partial charge in [-0.2, -0.15) is 0 Å². The van der Waals surface area contributed by atoms with Crippen molar-refractivity contribution in [2.45, 2.75) is 52.1 Å². The molecule has 0 atom stereocenters. The highest BCUT2D eigenvalue weighted by molar-refractivity contribution is 7.18. The van der Waals surface area contributed by atoms with Crippen LogP contribution in [0, 0.1) is 12.7 Å². The third kappa shape index (κ3) is 6.03. The highest BCUT2D eigenvalue weighted by atomic mass is 32.1. The lowest BCUT2D eigenvalue weighted by atomic mass is 9.98. The van der Waals surface area contributed by atoms with Crippen molar-refractivity contribution < 1.29 is 28.2 Å². The van der Waals surface area contributed by atoms with E-state index in [1.165, 1.54) is 36.4 Å². The smallest absolute Gasteiger partial charge is 0.348 e. The summed E-state index contributed by atoms with van der Waals surface area (Å²) in [7, 11) is 0. The summed E-state index contributed by atoms with van der Waals surface area (Å²) in [6.07, 6.45) is 7.53. The normalized spacial score (nSPS) is 14.3. The average Bonchev–Trinajstić information content (AvgIpc) is 3.10. The minimum Gasteiger partial charge on any atom is -0.462 e. The Morgan fingerprint density at radius 2 is 1.81 bits per heavy atom. The molecule has 2 aromatic rings. The van der Waals surface area contributed by atoms with Gasteiger partial charge >= 0.3 is 11.9 Å². The number of carbonyl (C=O) groups excluding carboxylic acids is 3. The number of amides is 1. The molecule has 1 N–H and O–H groups in total. The van der Waals surface area contributed by atoms with Gasteiger partial charge in [0, 0.05) is 6.08 Å². The molecule has 1 aromatic carbocycles. The SMILES string of the molecule is CCOC(=O)c1c(NC(=O)/C=C/c2ccc(F)cc2)sc(C(=O)OC2CCCCC2)c1C. The molecule has 0 bridgehead atoms. The van der Waals surface area contributed by atoms with Crippen molar-refractivity contribution in [3.63, 3.8) is 0 Å². The van der Waals surface area contributed by atoms with Crippen LogP contribution in [0.2, 0.25) is 0 Å². The molecule has 0 unspecified atom stereocenters. The number of carbonyl (C=O) groups is 3. The molecule has 0 spiro atoms. The number of halogens is 1. The molecule has 6 nitrogen and oxygen atoms in total. The van der Waals surface area contributed by atoms with Gasteiger partial charge in [0.1, 0.15) is 21.8 Å². The minimum absolute atomic E-state index is 0.125. The van der Waals surface area contributed by atoms with Crippen LogP contribution in [-0.2, 0) is 14.3 Å². The molecule has 0 aliphatic heterocycles. The third-order valence-electron chi connectivity index (χ3n) is 5.17. The second-order valence-corrected chi connectivity index (χ2v) is 8.54. The molecule has 1 amide bonds. The van der Waals surface area contributed by atoms with Gasteiger partial charge in [-0.15, -0.1) is 11.3 Å². The third-order valence-corrected chi connectivity index (χ3v) is 6.36. The highest BCUT2D eigenvalue weighted by Gasteiger charge is 2.28. The quantitative estimate of drug-likeness (QED) is 0.436. The molecule has 1 heterocycles. The zero-order valence-electron chi connectivity index (χ0n) is 18.1. The maximum atomic E-state index is 13.0. The van der Waals surface area contributed by atoms with Crippen molar-refractivity contribution in [2.24, 2.45) is 0 Å². The Kier molecular flexibility index (Phi) is 8.16. The molecule has 3 rings (SSSR count). The average molecular weight is 460 g/mol. The van der Waals surface area contributed by atoms with E-state index in [1.807, 2.05) is 0 Å². The van der Waals surface area contributed by atoms with E-state index >= 15 is 0 Å². The molecular weight excluding hydrogens is 433 g/mol. The maximum Gasteiger partial charge on any atom is 0.348 e. The van der Waals surface area contributed by atoms with E-state index in [4.69, 9.17) is 9.47 Å². The molecule has 1 aromatic heterocycles. The van der Waals surface area contributed by atoms with Gasteiger partial charge in [-0.25, -0.2) is 14.0 Å². The second kappa shape index (κ2) is 11.0. The lowest BCUT2D eigenvalue weighted by Crippen LogP contribution is -2.21. The summed E-state index contributed by atoms with van der Waals surface area (Å²) in [5, 5.41) is 2.89. The number of benzene rings is 1. The van der Waals surface area contributed by atoms with Gasteiger partial charge < -0.3 is 14.8 Å². The second-order valence-electron chi connectivity index (χ2n) is 7.52. The van der Waals surface area contributed by atoms with Gasteiger partial charge in [-0.05, 0) is 68.9 Å². The molecule has 32 heavy (non-hydrogen) atoms. The van der Waals surface area contributed by atoms with Crippen LogP contribution in [0.3, 0.4) is 0 Å². The van der Waals surface area contributed by atoms with Crippen LogP contribution >= 0.6 is 11.3 Å². The highest BCUT2D eigenvalue weighted by Crippen LogP contribution is 2.35. The van der Waals surface area contributed by atoms with Crippen molar-refractivity contribution in [1.82, 2.24) is 0 Å². The van der Waals surface area contributed by atoms with Gasteiger partial charge in [-0.1, -0.05) is 18.6 Å². The van der Waals surface area contributed by atoms with E-state index in [0.29, 0.717) is 11.1 Å². The Labute approximate surface area is 190 Å². The molecule has 170 valence electrons. The predicted octanol–water partition coefficient (Wildman–Crippen LogP) is 5.51. The Balaban J connectivity index is 1.80. The first-order valence-electron chi connectivity index (χ1n) is 10.6. The van der Waals surface area contributed by atoms with E-state index in [-0.39, 0.29) is 34.0 Å². The topological polar surface area (TPSA) is 81.7 Å². The van der Waals surface area contributed by atoms with Crippen LogP contribution in [0.1, 0.15) is 70.2 Å². The fourth-order valence-corrected chi connectivity index (χ4v) is 4.61. The molecular formula is C24H26FNO5S. The molecule has 1 aliphatic rings. The lowest BCUT2D eigenvalue weighted by Gasteiger charge is -2.21. The number of hydrogen-bond donors (Lipinski definition) is 1. The van der Waals surface area contributed by atoms with Crippen LogP contribution in [0.5, 0.6) is 0 Å². The van der Waals surface area contributed by atoms with Crippen molar-refractivity contribution in [2.75, 3.05) is 11.9 Å². The fraction of sp³-hybridized carbons (Fsp3) is 0.375. The molecule has 0 saturated heterocycles. The summed E-state index contributed by atoms with van der Waals surface area (Å²) < 4.78 is 23.8. The largest absolute Gasteiger partial charge is 0.462 e. The van der Waals surface area contributed by atoms with Gasteiger partial charge in [0.05, 0.1) is 12.2 Å². The fourth-order valence-electron chi connectivity index (χ4n) is 3.53. The maximum absolute atomic E-state index is 13.0. The zero-order chi connectivity index (χ0) is 23.1. The summed E-state index contributed by atoms with van der Waals surface area (Å²) in [5.41, 5.74) is 1.22. The Morgan fingerprint density at radius 3 is 2.47 bits per heavy atom. The van der Waals surface area contributed by atoms with E-state index in [2.05, 4.69) is 5.32 Å². The van der Waals surface area contributed by atoms with Crippen LogP contribution < -0.4 is 5.32 Å². The Bertz CT molecular complexity index is 1010. The first-order chi connectivity index (χ1) is 15.4. The summed E-state index contributed by atoms with van der Waals surface area (Å²) in [5.74, 6) is -1.97. The number of anilines is 1. The van der Waals surface area contributed by atoms with Gasteiger partial charge in [0.15, 0.2) is 0 Å². The van der Waals surface area contributed by atoms with E-state index in [9.17, 15) is 18.8 Å². The van der Waals surface area contributed by atoms with E-state index in [1.54, 1.807) is 13.8 Å². The minimum atomic E-state index is -0.615. The number of thiophene rings is 1. The van der Waals surface area contributed by atoms with Crippen molar-refractivity contribution >= 4 is 40.3 Å². The Hall–Kier alpha value is -3.00. The van der Waals surface area contributed by atoms with Crippen LogP contribution in [0.4, 0.5) is 9.39 Å². The predicted molar refractivity (Wildman–Crippen MR) is 121 cm³/mol.